The molecule has 0 spiro atoms. The summed E-state index contributed by atoms with van der Waals surface area (Å²) < 4.78 is 13.7. The number of anilines is 1. The van der Waals surface area contributed by atoms with Crippen molar-refractivity contribution in [1.29, 1.82) is 0 Å². The Labute approximate surface area is 326 Å². The molecule has 12 heteroatoms. The van der Waals surface area contributed by atoms with E-state index < -0.39 is 11.5 Å². The molecule has 2 atom stereocenters. The normalized spacial score (nSPS) is 15.2. The summed E-state index contributed by atoms with van der Waals surface area (Å²) in [6.07, 6.45) is 18.0. The minimum atomic E-state index is -1.08. The molecule has 2 unspecified atom stereocenters. The molecule has 4 rings (SSSR count). The molecular formula is C43H59FN8O3. The molecule has 1 aliphatic rings. The van der Waals surface area contributed by atoms with Gasteiger partial charge in [-0.3, -0.25) is 19.6 Å². The number of Topliss-reactive ketones (excluding diaryl/α,β-unsaturated/α-hetero) is 1. The van der Waals surface area contributed by atoms with Gasteiger partial charge in [0.2, 0.25) is 5.91 Å². The van der Waals surface area contributed by atoms with E-state index in [2.05, 4.69) is 48.4 Å². The summed E-state index contributed by atoms with van der Waals surface area (Å²) in [7, 11) is 0. The van der Waals surface area contributed by atoms with Crippen molar-refractivity contribution >= 4 is 23.5 Å². The molecule has 1 aromatic carbocycles. The fourth-order valence-corrected chi connectivity index (χ4v) is 6.19. The maximum absolute atomic E-state index is 13.7. The van der Waals surface area contributed by atoms with E-state index in [1.165, 1.54) is 12.2 Å². The molecule has 1 fully saturated rings. The second kappa shape index (κ2) is 23.1. The smallest absolute Gasteiger partial charge is 0.236 e. The number of nitrogens with zero attached hydrogens (tertiary/aromatic N) is 6. The maximum atomic E-state index is 13.7. The van der Waals surface area contributed by atoms with Crippen LogP contribution in [0, 0.1) is 17.8 Å². The lowest BCUT2D eigenvalue weighted by molar-refractivity contribution is -0.138. The van der Waals surface area contributed by atoms with Crippen molar-refractivity contribution in [2.45, 2.75) is 66.9 Å². The van der Waals surface area contributed by atoms with Crippen LogP contribution < -0.4 is 10.2 Å². The van der Waals surface area contributed by atoms with Gasteiger partial charge >= 0.3 is 0 Å². The third kappa shape index (κ3) is 13.1. The fourth-order valence-electron chi connectivity index (χ4n) is 6.19. The predicted molar refractivity (Wildman–Crippen MR) is 220 cm³/mol. The Balaban J connectivity index is 0.00000399. The Morgan fingerprint density at radius 3 is 2.44 bits per heavy atom. The minimum absolute atomic E-state index is 0.00831. The van der Waals surface area contributed by atoms with Gasteiger partial charge in [-0.05, 0) is 75.4 Å². The zero-order valence-corrected chi connectivity index (χ0v) is 33.4. The van der Waals surface area contributed by atoms with Crippen molar-refractivity contribution < 1.29 is 19.1 Å². The minimum Gasteiger partial charge on any atom is -0.392 e. The molecule has 3 heterocycles. The lowest BCUT2D eigenvalue weighted by Crippen LogP contribution is -2.54. The Hall–Kier alpha value is -4.96. The number of carbonyl (C=O) groups excluding carboxylic acids is 2. The van der Waals surface area contributed by atoms with Crippen LogP contribution in [0.4, 0.5) is 10.1 Å². The van der Waals surface area contributed by atoms with E-state index in [-0.39, 0.29) is 37.2 Å². The van der Waals surface area contributed by atoms with E-state index in [9.17, 15) is 19.1 Å². The fraction of sp³-hybridized carbons (Fsp3) is 0.465. The zero-order chi connectivity index (χ0) is 40.2. The predicted octanol–water partition coefficient (Wildman–Crippen LogP) is 5.66. The monoisotopic (exact) mass is 754 g/mol. The van der Waals surface area contributed by atoms with Gasteiger partial charge in [0.25, 0.3) is 0 Å². The second-order valence-electron chi connectivity index (χ2n) is 13.4. The van der Waals surface area contributed by atoms with Gasteiger partial charge in [-0.2, -0.15) is 5.10 Å². The van der Waals surface area contributed by atoms with E-state index in [1.807, 2.05) is 61.8 Å². The Morgan fingerprint density at radius 2 is 1.82 bits per heavy atom. The molecule has 1 aliphatic heterocycles. The second-order valence-corrected chi connectivity index (χ2v) is 13.4. The highest BCUT2D eigenvalue weighted by Crippen LogP contribution is 2.26. The number of hydrogen-bond donors (Lipinski definition) is 3. The number of hydrogen-bond acceptors (Lipinski definition) is 9. The highest BCUT2D eigenvalue weighted by molar-refractivity contribution is 5.87. The van der Waals surface area contributed by atoms with Gasteiger partial charge in [-0.1, -0.05) is 39.8 Å². The lowest BCUT2D eigenvalue weighted by Gasteiger charge is -2.39. The van der Waals surface area contributed by atoms with Crippen LogP contribution in [0.25, 0.3) is 17.5 Å². The highest BCUT2D eigenvalue weighted by Gasteiger charge is 2.39. The van der Waals surface area contributed by atoms with Crippen LogP contribution in [0.5, 0.6) is 0 Å². The molecule has 0 aliphatic carbocycles. The van der Waals surface area contributed by atoms with Crippen molar-refractivity contribution in [3.05, 3.63) is 89.8 Å². The number of rotatable bonds is 19. The lowest BCUT2D eigenvalue weighted by atomic mass is 9.79. The van der Waals surface area contributed by atoms with Gasteiger partial charge in [-0.25, -0.2) is 14.4 Å². The summed E-state index contributed by atoms with van der Waals surface area (Å²) in [6, 6.07) is 9.94. The molecular weight excluding hydrogens is 696 g/mol. The number of aliphatic hydroxyl groups is 1. The summed E-state index contributed by atoms with van der Waals surface area (Å²) in [5, 5.41) is 21.3. The quantitative estimate of drug-likeness (QED) is 0.0807. The first kappa shape index (κ1) is 44.4. The number of benzene rings is 1. The molecule has 0 saturated carbocycles. The number of ketones is 1. The van der Waals surface area contributed by atoms with E-state index in [0.717, 1.165) is 22.5 Å². The van der Waals surface area contributed by atoms with Crippen molar-refractivity contribution in [3.8, 4) is 23.7 Å². The SMILES string of the molecule is C#CCc1c(/C=C\CNCC(=O)C(C)(CN(CC)CC(=O)N2CCN(c3ccc(-c4ncccn4)cc3)CC2)C(C)O)n[nH]c1C/C=C\C(F)=C/CC.CC. The maximum Gasteiger partial charge on any atom is 0.236 e. The molecule has 3 aromatic rings. The number of nitrogens with one attached hydrogen (secondary N) is 2. The molecule has 0 bridgehead atoms. The van der Waals surface area contributed by atoms with Crippen molar-refractivity contribution in [1.82, 2.24) is 35.3 Å². The summed E-state index contributed by atoms with van der Waals surface area (Å²) in [5.41, 5.74) is 3.33. The van der Waals surface area contributed by atoms with Crippen molar-refractivity contribution in [3.63, 3.8) is 0 Å². The number of piperazine rings is 1. The number of aliphatic hydroxyl groups excluding tert-OH is 1. The third-order valence-electron chi connectivity index (χ3n) is 9.69. The first-order valence-corrected chi connectivity index (χ1v) is 19.3. The number of allylic oxidation sites excluding steroid dienone is 4. The van der Waals surface area contributed by atoms with Gasteiger partial charge in [-0.15, -0.1) is 12.3 Å². The standard InChI is InChI=1S/C41H53FN8O3.C2H6/c1-6-12-33(42)14-9-15-36-35(13-7-2)37(47-46-36)16-10-21-43-28-38(52)41(5,31(4)51)30-48(8-3)29-39(53)50-26-24-49(25-27-50)34-19-17-32(18-20-34)40-44-22-11-23-45-40;1-2/h2,9-12,14,16-20,22-23,31,43,51H,6,8,13,15,21,24-30H2,1,3-5H3,(H,46,47);1-2H3/b14-9-,16-10-,33-12+;. The Kier molecular flexibility index (Phi) is 18.6. The first-order valence-electron chi connectivity index (χ1n) is 19.3. The number of halogens is 1. The number of aromatic amines is 1. The van der Waals surface area contributed by atoms with Gasteiger partial charge in [0.1, 0.15) is 5.83 Å². The average Bonchev–Trinajstić information content (AvgIpc) is 3.59. The van der Waals surface area contributed by atoms with E-state index in [4.69, 9.17) is 6.42 Å². The summed E-state index contributed by atoms with van der Waals surface area (Å²) >= 11 is 0. The number of terminal acetylenes is 1. The van der Waals surface area contributed by atoms with E-state index >= 15 is 0 Å². The topological polar surface area (TPSA) is 131 Å². The first-order chi connectivity index (χ1) is 26.6. The average molecular weight is 755 g/mol. The molecule has 296 valence electrons. The number of H-pyrrole nitrogens is 1. The van der Waals surface area contributed by atoms with Crippen LogP contribution in [0.2, 0.25) is 0 Å². The van der Waals surface area contributed by atoms with Crippen LogP contribution in [-0.4, -0.2) is 112 Å². The van der Waals surface area contributed by atoms with Gasteiger partial charge in [0.05, 0.1) is 30.3 Å². The van der Waals surface area contributed by atoms with Crippen LogP contribution in [0.1, 0.15) is 64.9 Å². The highest BCUT2D eigenvalue weighted by atomic mass is 19.1. The van der Waals surface area contributed by atoms with Gasteiger partial charge in [0, 0.05) is 87.0 Å². The largest absolute Gasteiger partial charge is 0.392 e. The number of aromatic nitrogens is 4. The molecule has 11 nitrogen and oxygen atoms in total. The number of amides is 1. The van der Waals surface area contributed by atoms with Crippen molar-refractivity contribution in [2.75, 3.05) is 63.8 Å². The summed E-state index contributed by atoms with van der Waals surface area (Å²) in [4.78, 5) is 41.6. The van der Waals surface area contributed by atoms with Crippen LogP contribution in [-0.2, 0) is 22.4 Å². The summed E-state index contributed by atoms with van der Waals surface area (Å²) in [5.74, 6) is 2.93. The van der Waals surface area contributed by atoms with Crippen LogP contribution in [0.15, 0.2) is 72.9 Å². The van der Waals surface area contributed by atoms with Crippen molar-refractivity contribution in [2.24, 2.45) is 5.41 Å². The van der Waals surface area contributed by atoms with Crippen LogP contribution >= 0.6 is 0 Å². The molecule has 0 radical (unpaired) electrons. The third-order valence-corrected chi connectivity index (χ3v) is 9.69. The van der Waals surface area contributed by atoms with Gasteiger partial charge < -0.3 is 20.2 Å². The molecule has 2 aromatic heterocycles. The number of likely N-dealkylation sites (N-methyl/N-ethyl adjacent to an activating group) is 1. The number of carbonyl (C=O) groups is 2. The van der Waals surface area contributed by atoms with Crippen LogP contribution in [0.3, 0.4) is 0 Å². The summed E-state index contributed by atoms with van der Waals surface area (Å²) in [6.45, 7) is 15.2. The molecule has 3 N–H and O–H groups in total. The van der Waals surface area contributed by atoms with E-state index in [1.54, 1.807) is 38.4 Å². The van der Waals surface area contributed by atoms with Gasteiger partial charge in [0.15, 0.2) is 11.6 Å². The molecule has 1 amide bonds. The molecule has 55 heavy (non-hydrogen) atoms. The zero-order valence-electron chi connectivity index (χ0n) is 33.4. The Morgan fingerprint density at radius 1 is 1.13 bits per heavy atom. The van der Waals surface area contributed by atoms with E-state index in [0.29, 0.717) is 70.0 Å². The Bertz CT molecular complexity index is 1760. The molecule has 1 saturated heterocycles.